The summed E-state index contributed by atoms with van der Waals surface area (Å²) in [5.74, 6) is 1.41. The summed E-state index contributed by atoms with van der Waals surface area (Å²) >= 11 is 0. The maximum Gasteiger partial charge on any atom is 0.244 e. The quantitative estimate of drug-likeness (QED) is 0.532. The summed E-state index contributed by atoms with van der Waals surface area (Å²) in [5.41, 5.74) is 2.28. The maximum atomic E-state index is 12.6. The number of hydrogen-bond acceptors (Lipinski definition) is 4. The third-order valence-corrected chi connectivity index (χ3v) is 6.96. The highest BCUT2D eigenvalue weighted by atomic mass is 16.5. The van der Waals surface area contributed by atoms with Crippen LogP contribution in [0.25, 0.3) is 6.08 Å². The summed E-state index contributed by atoms with van der Waals surface area (Å²) in [5, 5.41) is 3.26. The molecule has 1 aromatic carbocycles. The van der Waals surface area contributed by atoms with Gasteiger partial charge in [-0.1, -0.05) is 18.2 Å². The molecule has 5 nitrogen and oxygen atoms in total. The van der Waals surface area contributed by atoms with Gasteiger partial charge in [-0.3, -0.25) is 9.69 Å². The fraction of sp³-hybridized carbons (Fsp3) is 0.423. The summed E-state index contributed by atoms with van der Waals surface area (Å²) in [6.45, 7) is 6.97. The molecule has 1 amide bonds. The van der Waals surface area contributed by atoms with Crippen molar-refractivity contribution in [3.8, 4) is 5.75 Å². The van der Waals surface area contributed by atoms with Crippen molar-refractivity contribution in [1.29, 1.82) is 0 Å². The zero-order valence-corrected chi connectivity index (χ0v) is 18.3. The number of fused-ring (bicyclic) bond motifs is 1. The smallest absolute Gasteiger partial charge is 0.244 e. The number of likely N-dealkylation sites (tertiary alicyclic amines) is 1. The molecule has 0 bridgehead atoms. The van der Waals surface area contributed by atoms with E-state index in [4.69, 9.17) is 9.15 Å². The van der Waals surface area contributed by atoms with Crippen LogP contribution in [0.5, 0.6) is 5.75 Å². The van der Waals surface area contributed by atoms with E-state index in [1.807, 2.05) is 18.2 Å². The number of carbonyl (C=O) groups excluding carboxylic acids is 1. The minimum absolute atomic E-state index is 0.0467. The van der Waals surface area contributed by atoms with Crippen LogP contribution in [0.15, 0.2) is 66.0 Å². The fourth-order valence-corrected chi connectivity index (χ4v) is 5.41. The predicted octanol–water partition coefficient (Wildman–Crippen LogP) is 4.42. The summed E-state index contributed by atoms with van der Waals surface area (Å²) in [4.78, 5) is 15.1. The number of methoxy groups -OCH3 is 1. The van der Waals surface area contributed by atoms with E-state index in [9.17, 15) is 4.79 Å². The van der Waals surface area contributed by atoms with E-state index in [1.54, 1.807) is 31.8 Å². The molecular weight excluding hydrogens is 388 g/mol. The Balaban J connectivity index is 1.53. The lowest BCUT2D eigenvalue weighted by Crippen LogP contribution is -2.56. The standard InChI is InChI=1S/C26H32N2O3/c1-3-13-28-14-12-26(21-5-4-6-24(16-21)30-2)17-23(9-8-22(26)18-28)27-25(29)10-7-20-11-15-31-19-20/h3-7,10-11,15-16,19,22-23H,1,8-9,12-14,17-18H2,2H3,(H,27,29)/b10-7+/t22-,23+,26+/m1/s1. The molecular formula is C26H32N2O3. The molecule has 3 atom stereocenters. The van der Waals surface area contributed by atoms with Crippen LogP contribution in [-0.4, -0.2) is 43.6 Å². The van der Waals surface area contributed by atoms with Gasteiger partial charge >= 0.3 is 0 Å². The molecule has 1 saturated carbocycles. The molecule has 2 aromatic rings. The van der Waals surface area contributed by atoms with Crippen LogP contribution in [0.1, 0.15) is 36.8 Å². The molecule has 164 valence electrons. The summed E-state index contributed by atoms with van der Waals surface area (Å²) in [6, 6.07) is 10.5. The third kappa shape index (κ3) is 4.77. The Hall–Kier alpha value is -2.79. The highest BCUT2D eigenvalue weighted by Gasteiger charge is 2.48. The molecule has 1 aromatic heterocycles. The number of benzene rings is 1. The van der Waals surface area contributed by atoms with Gasteiger partial charge in [-0.25, -0.2) is 0 Å². The molecule has 31 heavy (non-hydrogen) atoms. The molecule has 2 fully saturated rings. The Labute approximate surface area is 184 Å². The zero-order chi connectivity index (χ0) is 21.7. The third-order valence-electron chi connectivity index (χ3n) is 6.96. The van der Waals surface area contributed by atoms with Gasteiger partial charge in [0.15, 0.2) is 0 Å². The molecule has 0 spiro atoms. The van der Waals surface area contributed by atoms with Crippen LogP contribution in [0.4, 0.5) is 0 Å². The first kappa shape index (κ1) is 21.4. The maximum absolute atomic E-state index is 12.6. The Morgan fingerprint density at radius 1 is 1.39 bits per heavy atom. The van der Waals surface area contributed by atoms with Gasteiger partial charge in [0.05, 0.1) is 19.6 Å². The van der Waals surface area contributed by atoms with Crippen molar-refractivity contribution < 1.29 is 13.9 Å². The summed E-state index contributed by atoms with van der Waals surface area (Å²) in [7, 11) is 1.72. The van der Waals surface area contributed by atoms with Gasteiger partial charge in [-0.2, -0.15) is 0 Å². The fourth-order valence-electron chi connectivity index (χ4n) is 5.41. The molecule has 2 aliphatic rings. The van der Waals surface area contributed by atoms with Crippen molar-refractivity contribution >= 4 is 12.0 Å². The van der Waals surface area contributed by atoms with Gasteiger partial charge < -0.3 is 14.5 Å². The summed E-state index contributed by atoms with van der Waals surface area (Å²) in [6.07, 6.45) is 12.8. The normalized spacial score (nSPS) is 26.4. The Morgan fingerprint density at radius 2 is 2.29 bits per heavy atom. The molecule has 5 heteroatoms. The van der Waals surface area contributed by atoms with Crippen molar-refractivity contribution in [2.45, 2.75) is 37.1 Å². The number of nitrogens with zero attached hydrogens (tertiary/aromatic N) is 1. The molecule has 4 rings (SSSR count). The monoisotopic (exact) mass is 420 g/mol. The minimum atomic E-state index is -0.0467. The lowest BCUT2D eigenvalue weighted by molar-refractivity contribution is -0.117. The number of carbonyl (C=O) groups is 1. The summed E-state index contributed by atoms with van der Waals surface area (Å²) < 4.78 is 10.6. The van der Waals surface area contributed by atoms with Gasteiger partial charge in [0, 0.05) is 36.2 Å². The molecule has 0 radical (unpaired) electrons. The van der Waals surface area contributed by atoms with Gasteiger partial charge in [-0.15, -0.1) is 6.58 Å². The zero-order valence-electron chi connectivity index (χ0n) is 18.3. The number of rotatable bonds is 7. The van der Waals surface area contributed by atoms with Crippen molar-refractivity contribution in [3.63, 3.8) is 0 Å². The highest BCUT2D eigenvalue weighted by Crippen LogP contribution is 2.49. The first-order valence-corrected chi connectivity index (χ1v) is 11.1. The van der Waals surface area contributed by atoms with Crippen molar-refractivity contribution in [2.24, 2.45) is 5.92 Å². The lowest BCUT2D eigenvalue weighted by Gasteiger charge is -2.53. The van der Waals surface area contributed by atoms with Gasteiger partial charge in [-0.05, 0) is 68.0 Å². The first-order valence-electron chi connectivity index (χ1n) is 11.1. The molecule has 1 N–H and O–H groups in total. The molecule has 2 heterocycles. The molecule has 0 unspecified atom stereocenters. The van der Waals surface area contributed by atoms with E-state index >= 15 is 0 Å². The average Bonchev–Trinajstić information content (AvgIpc) is 3.32. The van der Waals surface area contributed by atoms with E-state index in [-0.39, 0.29) is 17.4 Å². The van der Waals surface area contributed by atoms with Crippen LogP contribution >= 0.6 is 0 Å². The topological polar surface area (TPSA) is 54.7 Å². The number of amides is 1. The van der Waals surface area contributed by atoms with Crippen LogP contribution in [0, 0.1) is 5.92 Å². The van der Waals surface area contributed by atoms with Gasteiger partial charge in [0.1, 0.15) is 5.75 Å². The van der Waals surface area contributed by atoms with Crippen molar-refractivity contribution in [1.82, 2.24) is 10.2 Å². The Morgan fingerprint density at radius 3 is 3.06 bits per heavy atom. The highest BCUT2D eigenvalue weighted by molar-refractivity contribution is 5.91. The Kier molecular flexibility index (Phi) is 6.62. The minimum Gasteiger partial charge on any atom is -0.497 e. The number of nitrogens with one attached hydrogen (secondary N) is 1. The second-order valence-electron chi connectivity index (χ2n) is 8.76. The van der Waals surface area contributed by atoms with E-state index in [2.05, 4.69) is 35.0 Å². The van der Waals surface area contributed by atoms with E-state index in [0.717, 1.165) is 56.6 Å². The second-order valence-corrected chi connectivity index (χ2v) is 8.76. The largest absolute Gasteiger partial charge is 0.497 e. The lowest BCUT2D eigenvalue weighted by atomic mass is 9.58. The predicted molar refractivity (Wildman–Crippen MR) is 123 cm³/mol. The van der Waals surface area contributed by atoms with Crippen LogP contribution in [-0.2, 0) is 10.2 Å². The van der Waals surface area contributed by atoms with Crippen LogP contribution in [0.3, 0.4) is 0 Å². The van der Waals surface area contributed by atoms with Crippen LogP contribution < -0.4 is 10.1 Å². The molecule has 1 aliphatic carbocycles. The van der Waals surface area contributed by atoms with E-state index < -0.39 is 0 Å². The number of piperidine rings is 1. The second kappa shape index (κ2) is 9.56. The van der Waals surface area contributed by atoms with Gasteiger partial charge in [0.2, 0.25) is 5.91 Å². The number of furan rings is 1. The number of hydrogen-bond donors (Lipinski definition) is 1. The number of ether oxygens (including phenoxy) is 1. The van der Waals surface area contributed by atoms with E-state index in [1.165, 1.54) is 5.56 Å². The van der Waals surface area contributed by atoms with Crippen molar-refractivity contribution in [2.75, 3.05) is 26.7 Å². The molecule has 1 saturated heterocycles. The van der Waals surface area contributed by atoms with E-state index in [0.29, 0.717) is 5.92 Å². The van der Waals surface area contributed by atoms with Crippen LogP contribution in [0.2, 0.25) is 0 Å². The SMILES string of the molecule is C=CCN1CC[C@@]2(c3cccc(OC)c3)C[C@@H](NC(=O)/C=C/c3ccoc3)CC[C@@H]2C1. The van der Waals surface area contributed by atoms with Crippen molar-refractivity contribution in [3.05, 3.63) is 72.7 Å². The molecule has 1 aliphatic heterocycles. The first-order chi connectivity index (χ1) is 15.1. The van der Waals surface area contributed by atoms with Gasteiger partial charge in [0.25, 0.3) is 0 Å². The average molecular weight is 421 g/mol. The Bertz CT molecular complexity index is 920.